The molecule has 0 fully saturated rings. The molecular weight excluding hydrogens is 583 g/mol. The summed E-state index contributed by atoms with van der Waals surface area (Å²) in [5.41, 5.74) is 11.5. The van der Waals surface area contributed by atoms with Gasteiger partial charge in [-0.25, -0.2) is 0 Å². The molecule has 1 aliphatic rings. The normalized spacial score (nSPS) is 14.3. The van der Waals surface area contributed by atoms with Crippen molar-refractivity contribution in [2.45, 2.75) is 33.1 Å². The van der Waals surface area contributed by atoms with E-state index in [1.54, 1.807) is 0 Å². The fourth-order valence-electron chi connectivity index (χ4n) is 6.97. The smallest absolute Gasteiger partial charge is 0.135 e. The van der Waals surface area contributed by atoms with Crippen molar-refractivity contribution < 1.29 is 4.42 Å². The topological polar surface area (TPSA) is 16.4 Å². The SMILES string of the molecule is C[C@H]1C=Cc2oc3ccc(N(c4ccc(C(C)(C)C)cc4)c4ccccc4-c4cccc5cccc(-c6ccccc6)c45)cc3c2C=C1. The Hall–Kier alpha value is -5.60. The number of hydrogen-bond acceptors (Lipinski definition) is 2. The van der Waals surface area contributed by atoms with Crippen molar-refractivity contribution in [3.05, 3.63) is 162 Å². The van der Waals surface area contributed by atoms with Gasteiger partial charge in [0.25, 0.3) is 0 Å². The molecule has 1 aromatic heterocycles. The first kappa shape index (κ1) is 29.8. The molecule has 0 bridgehead atoms. The molecule has 0 radical (unpaired) electrons. The van der Waals surface area contributed by atoms with E-state index in [0.717, 1.165) is 39.4 Å². The van der Waals surface area contributed by atoms with E-state index in [0.29, 0.717) is 5.92 Å². The lowest BCUT2D eigenvalue weighted by Crippen LogP contribution is -2.13. The molecule has 7 aromatic rings. The fourth-order valence-corrected chi connectivity index (χ4v) is 6.97. The number of fused-ring (bicyclic) bond motifs is 4. The van der Waals surface area contributed by atoms with E-state index in [1.165, 1.54) is 38.6 Å². The first-order chi connectivity index (χ1) is 23.3. The van der Waals surface area contributed by atoms with E-state index >= 15 is 0 Å². The van der Waals surface area contributed by atoms with Crippen molar-refractivity contribution in [3.63, 3.8) is 0 Å². The molecular formula is C46H39NO. The Morgan fingerprint density at radius 2 is 1.27 bits per heavy atom. The zero-order valence-electron chi connectivity index (χ0n) is 27.9. The molecule has 1 atom stereocenters. The molecule has 0 saturated carbocycles. The van der Waals surface area contributed by atoms with Crippen LogP contribution >= 0.6 is 0 Å². The number of benzene rings is 6. The average Bonchev–Trinajstić information content (AvgIpc) is 3.35. The van der Waals surface area contributed by atoms with E-state index in [2.05, 4.69) is 190 Å². The highest BCUT2D eigenvalue weighted by atomic mass is 16.3. The second kappa shape index (κ2) is 11.9. The monoisotopic (exact) mass is 621 g/mol. The minimum Gasteiger partial charge on any atom is -0.456 e. The van der Waals surface area contributed by atoms with E-state index in [1.807, 2.05) is 0 Å². The van der Waals surface area contributed by atoms with Gasteiger partial charge in [-0.1, -0.05) is 143 Å². The van der Waals surface area contributed by atoms with Crippen LogP contribution in [0.4, 0.5) is 17.1 Å². The van der Waals surface area contributed by atoms with Crippen molar-refractivity contribution in [2.24, 2.45) is 5.92 Å². The van der Waals surface area contributed by atoms with Crippen LogP contribution in [-0.4, -0.2) is 0 Å². The third-order valence-electron chi connectivity index (χ3n) is 9.53. The highest BCUT2D eigenvalue weighted by Crippen LogP contribution is 2.46. The maximum Gasteiger partial charge on any atom is 0.135 e. The molecule has 0 saturated heterocycles. The van der Waals surface area contributed by atoms with Crippen LogP contribution in [0, 0.1) is 5.92 Å². The summed E-state index contributed by atoms with van der Waals surface area (Å²) in [5.74, 6) is 1.27. The Bertz CT molecular complexity index is 2330. The summed E-state index contributed by atoms with van der Waals surface area (Å²) in [4.78, 5) is 2.41. The summed E-state index contributed by atoms with van der Waals surface area (Å²) in [5, 5.41) is 3.59. The van der Waals surface area contributed by atoms with Crippen molar-refractivity contribution in [3.8, 4) is 22.3 Å². The largest absolute Gasteiger partial charge is 0.456 e. The summed E-state index contributed by atoms with van der Waals surface area (Å²) >= 11 is 0. The maximum atomic E-state index is 6.36. The van der Waals surface area contributed by atoms with Crippen LogP contribution in [0.5, 0.6) is 0 Å². The number of rotatable bonds is 5. The van der Waals surface area contributed by atoms with Crippen LogP contribution in [-0.2, 0) is 5.41 Å². The summed E-state index contributed by atoms with van der Waals surface area (Å²) in [6.07, 6.45) is 8.77. The van der Waals surface area contributed by atoms with Crippen molar-refractivity contribution in [1.82, 2.24) is 0 Å². The van der Waals surface area contributed by atoms with Gasteiger partial charge in [0.1, 0.15) is 11.3 Å². The Balaban J connectivity index is 1.37. The molecule has 0 amide bonds. The molecule has 8 rings (SSSR count). The van der Waals surface area contributed by atoms with E-state index in [4.69, 9.17) is 4.42 Å². The van der Waals surface area contributed by atoms with Gasteiger partial charge in [-0.3, -0.25) is 0 Å². The standard InChI is InChI=1S/C46H39NO/c1-31-20-27-39-41-30-36(26-29-44(41)48-43(39)28-21-31)47(35-24-22-34(23-25-35)46(2,3)4)42-19-9-8-16-38(42)40-18-11-15-33-14-10-17-37(45(33)40)32-12-6-5-7-13-32/h5-31H,1-4H3/t31-/m1/s1. The number of furan rings is 1. The summed E-state index contributed by atoms with van der Waals surface area (Å²) < 4.78 is 6.36. The molecule has 1 aliphatic carbocycles. The number of anilines is 3. The minimum absolute atomic E-state index is 0.0579. The molecule has 1 heterocycles. The first-order valence-electron chi connectivity index (χ1n) is 16.9. The lowest BCUT2D eigenvalue weighted by molar-refractivity contribution is 0.590. The van der Waals surface area contributed by atoms with Gasteiger partial charge in [0.2, 0.25) is 0 Å². The molecule has 2 nitrogen and oxygen atoms in total. The number of allylic oxidation sites excluding steroid dienone is 2. The highest BCUT2D eigenvalue weighted by Gasteiger charge is 2.22. The van der Waals surface area contributed by atoms with Crippen LogP contribution in [0.1, 0.15) is 44.6 Å². The lowest BCUT2D eigenvalue weighted by atomic mass is 9.87. The highest BCUT2D eigenvalue weighted by molar-refractivity contribution is 6.09. The zero-order valence-corrected chi connectivity index (χ0v) is 27.9. The Morgan fingerprint density at radius 3 is 2.04 bits per heavy atom. The molecule has 48 heavy (non-hydrogen) atoms. The molecule has 0 spiro atoms. The predicted molar refractivity (Wildman–Crippen MR) is 205 cm³/mol. The van der Waals surface area contributed by atoms with E-state index < -0.39 is 0 Å². The van der Waals surface area contributed by atoms with Crippen LogP contribution in [0.15, 0.2) is 150 Å². The molecule has 2 heteroatoms. The molecule has 6 aromatic carbocycles. The van der Waals surface area contributed by atoms with Gasteiger partial charge in [0.05, 0.1) is 5.69 Å². The van der Waals surface area contributed by atoms with Crippen molar-refractivity contribution in [1.29, 1.82) is 0 Å². The summed E-state index contributed by atoms with van der Waals surface area (Å²) in [6.45, 7) is 8.99. The quantitative estimate of drug-likeness (QED) is 0.190. The van der Waals surface area contributed by atoms with Crippen LogP contribution < -0.4 is 4.90 Å². The summed E-state index contributed by atoms with van der Waals surface area (Å²) in [7, 11) is 0. The van der Waals surface area contributed by atoms with Gasteiger partial charge in [0, 0.05) is 27.9 Å². The van der Waals surface area contributed by atoms with Crippen LogP contribution in [0.25, 0.3) is 56.1 Å². The molecule has 0 aliphatic heterocycles. The van der Waals surface area contributed by atoms with Crippen molar-refractivity contribution >= 4 is 51.0 Å². The average molecular weight is 622 g/mol. The van der Waals surface area contributed by atoms with Gasteiger partial charge in [0.15, 0.2) is 0 Å². The predicted octanol–water partition coefficient (Wildman–Crippen LogP) is 13.4. The maximum absolute atomic E-state index is 6.36. The fraction of sp³-hybridized carbons (Fsp3) is 0.130. The third kappa shape index (κ3) is 5.34. The number of nitrogens with zero attached hydrogens (tertiary/aromatic N) is 1. The van der Waals surface area contributed by atoms with Gasteiger partial charge < -0.3 is 9.32 Å². The summed E-state index contributed by atoms with van der Waals surface area (Å²) in [6, 6.07) is 48.5. The lowest BCUT2D eigenvalue weighted by Gasteiger charge is -2.29. The second-order valence-electron chi connectivity index (χ2n) is 13.9. The van der Waals surface area contributed by atoms with Gasteiger partial charge >= 0.3 is 0 Å². The van der Waals surface area contributed by atoms with E-state index in [9.17, 15) is 0 Å². The van der Waals surface area contributed by atoms with Crippen molar-refractivity contribution in [2.75, 3.05) is 4.90 Å². The van der Waals surface area contributed by atoms with Gasteiger partial charge in [-0.15, -0.1) is 0 Å². The zero-order chi connectivity index (χ0) is 32.8. The van der Waals surface area contributed by atoms with Gasteiger partial charge in [-0.2, -0.15) is 0 Å². The number of para-hydroxylation sites is 1. The Labute approximate surface area is 283 Å². The second-order valence-corrected chi connectivity index (χ2v) is 13.9. The molecule has 0 unspecified atom stereocenters. The first-order valence-corrected chi connectivity index (χ1v) is 16.9. The van der Waals surface area contributed by atoms with E-state index in [-0.39, 0.29) is 5.41 Å². The minimum atomic E-state index is 0.0579. The Morgan fingerprint density at radius 1 is 0.604 bits per heavy atom. The third-order valence-corrected chi connectivity index (χ3v) is 9.53. The van der Waals surface area contributed by atoms with Crippen LogP contribution in [0.2, 0.25) is 0 Å². The van der Waals surface area contributed by atoms with Gasteiger partial charge in [-0.05, 0) is 86.8 Å². The molecule has 234 valence electrons. The molecule has 0 N–H and O–H groups in total. The van der Waals surface area contributed by atoms with Crippen LogP contribution in [0.3, 0.4) is 0 Å². The Kier molecular flexibility index (Phi) is 7.37. The number of hydrogen-bond donors (Lipinski definition) is 0.